The minimum absolute atomic E-state index is 0.143. The monoisotopic (exact) mass is 250 g/mol. The van der Waals surface area contributed by atoms with E-state index in [1.807, 2.05) is 13.0 Å². The van der Waals surface area contributed by atoms with Crippen molar-refractivity contribution in [2.24, 2.45) is 0 Å². The lowest BCUT2D eigenvalue weighted by Crippen LogP contribution is -2.38. The molecule has 18 heavy (non-hydrogen) atoms. The molecule has 1 fully saturated rings. The van der Waals surface area contributed by atoms with Crippen LogP contribution in [0.1, 0.15) is 31.4 Å². The average Bonchev–Trinajstić information content (AvgIpc) is 2.45. The van der Waals surface area contributed by atoms with E-state index in [-0.39, 0.29) is 5.82 Å². The topological polar surface area (TPSA) is 15.3 Å². The Morgan fingerprint density at radius 2 is 2.17 bits per heavy atom. The molecule has 2 unspecified atom stereocenters. The Kier molecular flexibility index (Phi) is 4.36. The Balaban J connectivity index is 2.10. The van der Waals surface area contributed by atoms with Crippen molar-refractivity contribution in [3.8, 4) is 0 Å². The van der Waals surface area contributed by atoms with Crippen molar-refractivity contribution in [2.75, 3.05) is 13.1 Å². The van der Waals surface area contributed by atoms with Crippen LogP contribution in [0.5, 0.6) is 0 Å². The zero-order valence-corrected chi connectivity index (χ0v) is 11.5. The fraction of sp³-hybridized carbons (Fsp3) is 0.600. The highest BCUT2D eigenvalue weighted by Gasteiger charge is 2.20. The van der Waals surface area contributed by atoms with Crippen molar-refractivity contribution in [1.82, 2.24) is 10.2 Å². The zero-order valence-electron chi connectivity index (χ0n) is 11.5. The Bertz CT molecular complexity index is 405. The molecule has 2 nitrogen and oxygen atoms in total. The van der Waals surface area contributed by atoms with Crippen LogP contribution in [0.3, 0.4) is 0 Å². The van der Waals surface area contributed by atoms with Gasteiger partial charge in [-0.05, 0) is 57.0 Å². The SMILES string of the molecule is Cc1cc(F)ccc1CN1CC(C)NCCC1C. The summed E-state index contributed by atoms with van der Waals surface area (Å²) in [5.74, 6) is -0.143. The maximum absolute atomic E-state index is 13.1. The van der Waals surface area contributed by atoms with E-state index >= 15 is 0 Å². The van der Waals surface area contributed by atoms with Crippen molar-refractivity contribution < 1.29 is 4.39 Å². The first-order chi connectivity index (χ1) is 8.56. The summed E-state index contributed by atoms with van der Waals surface area (Å²) in [6.07, 6.45) is 1.17. The van der Waals surface area contributed by atoms with Crippen LogP contribution in [-0.2, 0) is 6.54 Å². The van der Waals surface area contributed by atoms with E-state index in [0.717, 1.165) is 25.2 Å². The summed E-state index contributed by atoms with van der Waals surface area (Å²) in [6, 6.07) is 6.20. The Morgan fingerprint density at radius 1 is 1.39 bits per heavy atom. The molecule has 1 saturated heterocycles. The van der Waals surface area contributed by atoms with Gasteiger partial charge in [0.15, 0.2) is 0 Å². The molecule has 1 heterocycles. The third kappa shape index (κ3) is 3.30. The molecule has 0 aliphatic carbocycles. The van der Waals surface area contributed by atoms with Crippen LogP contribution in [0.2, 0.25) is 0 Å². The van der Waals surface area contributed by atoms with E-state index < -0.39 is 0 Å². The van der Waals surface area contributed by atoms with Gasteiger partial charge < -0.3 is 5.32 Å². The second kappa shape index (κ2) is 5.81. The van der Waals surface area contributed by atoms with E-state index in [1.54, 1.807) is 12.1 Å². The Labute approximate surface area is 109 Å². The molecule has 2 rings (SSSR count). The van der Waals surface area contributed by atoms with Crippen LogP contribution in [0.15, 0.2) is 18.2 Å². The first kappa shape index (κ1) is 13.5. The molecule has 3 heteroatoms. The number of rotatable bonds is 2. The normalized spacial score (nSPS) is 26.0. The van der Waals surface area contributed by atoms with E-state index in [0.29, 0.717) is 12.1 Å². The number of halogens is 1. The predicted octanol–water partition coefficient (Wildman–Crippen LogP) is 2.71. The van der Waals surface area contributed by atoms with Crippen molar-refractivity contribution in [3.63, 3.8) is 0 Å². The maximum atomic E-state index is 13.1. The van der Waals surface area contributed by atoms with E-state index in [4.69, 9.17) is 0 Å². The minimum Gasteiger partial charge on any atom is -0.313 e. The molecule has 1 aliphatic rings. The van der Waals surface area contributed by atoms with Gasteiger partial charge in [0.1, 0.15) is 5.82 Å². The second-order valence-electron chi connectivity index (χ2n) is 5.49. The predicted molar refractivity (Wildman–Crippen MR) is 73.1 cm³/mol. The van der Waals surface area contributed by atoms with Gasteiger partial charge in [0.05, 0.1) is 0 Å². The van der Waals surface area contributed by atoms with Gasteiger partial charge in [-0.3, -0.25) is 4.90 Å². The number of hydrogen-bond acceptors (Lipinski definition) is 2. The van der Waals surface area contributed by atoms with Gasteiger partial charge in [-0.1, -0.05) is 6.07 Å². The van der Waals surface area contributed by atoms with E-state index in [1.165, 1.54) is 12.0 Å². The van der Waals surface area contributed by atoms with Gasteiger partial charge in [-0.15, -0.1) is 0 Å². The lowest BCUT2D eigenvalue weighted by molar-refractivity contribution is 0.198. The van der Waals surface area contributed by atoms with Crippen molar-refractivity contribution in [1.29, 1.82) is 0 Å². The molecule has 100 valence electrons. The summed E-state index contributed by atoms with van der Waals surface area (Å²) < 4.78 is 13.1. The van der Waals surface area contributed by atoms with Crippen LogP contribution in [-0.4, -0.2) is 30.1 Å². The number of nitrogens with one attached hydrogen (secondary N) is 1. The van der Waals surface area contributed by atoms with Gasteiger partial charge >= 0.3 is 0 Å². The zero-order chi connectivity index (χ0) is 13.1. The fourth-order valence-electron chi connectivity index (χ4n) is 2.59. The van der Waals surface area contributed by atoms with Gasteiger partial charge in [-0.2, -0.15) is 0 Å². The third-order valence-corrected chi connectivity index (χ3v) is 3.86. The highest BCUT2D eigenvalue weighted by molar-refractivity contribution is 5.26. The summed E-state index contributed by atoms with van der Waals surface area (Å²) in [4.78, 5) is 2.49. The number of hydrogen-bond donors (Lipinski definition) is 1. The van der Waals surface area contributed by atoms with Crippen molar-refractivity contribution in [2.45, 2.75) is 45.8 Å². The fourth-order valence-corrected chi connectivity index (χ4v) is 2.59. The number of aryl methyl sites for hydroxylation is 1. The quantitative estimate of drug-likeness (QED) is 0.868. The highest BCUT2D eigenvalue weighted by Crippen LogP contribution is 2.17. The highest BCUT2D eigenvalue weighted by atomic mass is 19.1. The standard InChI is InChI=1S/C15H23FN2/c1-11-8-15(16)5-4-14(11)10-18-9-12(2)17-7-6-13(18)3/h4-5,8,12-13,17H,6-7,9-10H2,1-3H3. The largest absolute Gasteiger partial charge is 0.313 e. The summed E-state index contributed by atoms with van der Waals surface area (Å²) >= 11 is 0. The Hall–Kier alpha value is -0.930. The van der Waals surface area contributed by atoms with Crippen molar-refractivity contribution in [3.05, 3.63) is 35.1 Å². The molecular formula is C15H23FN2. The summed E-state index contributed by atoms with van der Waals surface area (Å²) in [6.45, 7) is 9.54. The minimum atomic E-state index is -0.143. The molecule has 1 aliphatic heterocycles. The van der Waals surface area contributed by atoms with Gasteiger partial charge in [0.2, 0.25) is 0 Å². The smallest absolute Gasteiger partial charge is 0.123 e. The van der Waals surface area contributed by atoms with Crippen molar-refractivity contribution >= 4 is 0 Å². The molecule has 1 aromatic rings. The molecule has 0 amide bonds. The van der Waals surface area contributed by atoms with Gasteiger partial charge in [0.25, 0.3) is 0 Å². The Morgan fingerprint density at radius 3 is 2.89 bits per heavy atom. The first-order valence-corrected chi connectivity index (χ1v) is 6.78. The number of nitrogens with zero attached hydrogens (tertiary/aromatic N) is 1. The average molecular weight is 250 g/mol. The molecule has 0 aromatic heterocycles. The van der Waals surface area contributed by atoms with Gasteiger partial charge in [-0.25, -0.2) is 4.39 Å². The molecule has 2 atom stereocenters. The van der Waals surface area contributed by atoms with Gasteiger partial charge in [0, 0.05) is 25.2 Å². The third-order valence-electron chi connectivity index (χ3n) is 3.86. The molecule has 0 saturated carbocycles. The summed E-state index contributed by atoms with van der Waals surface area (Å²) in [7, 11) is 0. The van der Waals surface area contributed by atoms with Crippen LogP contribution in [0.25, 0.3) is 0 Å². The molecule has 1 N–H and O–H groups in total. The number of benzene rings is 1. The molecule has 1 aromatic carbocycles. The lowest BCUT2D eigenvalue weighted by Gasteiger charge is -2.28. The second-order valence-corrected chi connectivity index (χ2v) is 5.49. The first-order valence-electron chi connectivity index (χ1n) is 6.78. The molecule has 0 bridgehead atoms. The maximum Gasteiger partial charge on any atom is 0.123 e. The van der Waals surface area contributed by atoms with Crippen LogP contribution in [0, 0.1) is 12.7 Å². The van der Waals surface area contributed by atoms with E-state index in [2.05, 4.69) is 24.1 Å². The van der Waals surface area contributed by atoms with E-state index in [9.17, 15) is 4.39 Å². The summed E-state index contributed by atoms with van der Waals surface area (Å²) in [5, 5.41) is 3.51. The lowest BCUT2D eigenvalue weighted by atomic mass is 10.1. The molecular weight excluding hydrogens is 227 g/mol. The molecule has 0 radical (unpaired) electrons. The van der Waals surface area contributed by atoms with Crippen LogP contribution in [0.4, 0.5) is 4.39 Å². The molecule has 0 spiro atoms. The summed E-state index contributed by atoms with van der Waals surface area (Å²) in [5.41, 5.74) is 2.28. The van der Waals surface area contributed by atoms with Crippen LogP contribution < -0.4 is 5.32 Å². The van der Waals surface area contributed by atoms with Crippen LogP contribution >= 0.6 is 0 Å².